The lowest BCUT2D eigenvalue weighted by atomic mass is 10.1. The number of aliphatic hydroxyl groups excluding tert-OH is 1. The van der Waals surface area contributed by atoms with E-state index in [-0.39, 0.29) is 6.61 Å². The Morgan fingerprint density at radius 1 is 1.40 bits per heavy atom. The van der Waals surface area contributed by atoms with Crippen LogP contribution in [0.15, 0.2) is 18.2 Å². The van der Waals surface area contributed by atoms with Crippen LogP contribution in [-0.2, 0) is 12.8 Å². The van der Waals surface area contributed by atoms with Gasteiger partial charge in [-0.15, -0.1) is 0 Å². The molecule has 1 fully saturated rings. The number of fused-ring (bicyclic) bond motifs is 1. The van der Waals surface area contributed by atoms with Gasteiger partial charge in [0.1, 0.15) is 5.75 Å². The zero-order valence-electron chi connectivity index (χ0n) is 12.0. The molecular weight excluding hydrogens is 252 g/mol. The Balaban J connectivity index is 1.51. The molecule has 1 unspecified atom stereocenters. The predicted molar refractivity (Wildman–Crippen MR) is 79.3 cm³/mol. The average Bonchev–Trinajstić information content (AvgIpc) is 2.93. The second-order valence-corrected chi connectivity index (χ2v) is 5.75. The van der Waals surface area contributed by atoms with Crippen molar-refractivity contribution in [3.8, 4) is 5.75 Å². The van der Waals surface area contributed by atoms with E-state index in [2.05, 4.69) is 28.4 Å². The number of aliphatic hydroxyl groups is 1. The lowest BCUT2D eigenvalue weighted by Gasteiger charge is -2.33. The molecule has 4 heteroatoms. The highest BCUT2D eigenvalue weighted by Crippen LogP contribution is 2.26. The van der Waals surface area contributed by atoms with Gasteiger partial charge < -0.3 is 20.1 Å². The summed E-state index contributed by atoms with van der Waals surface area (Å²) in [5.74, 6) is 1.07. The minimum Gasteiger partial charge on any atom is -0.493 e. The molecule has 0 aromatic heterocycles. The van der Waals surface area contributed by atoms with Crippen LogP contribution in [0.5, 0.6) is 5.75 Å². The first-order valence-corrected chi connectivity index (χ1v) is 7.66. The predicted octanol–water partition coefficient (Wildman–Crippen LogP) is 0.820. The van der Waals surface area contributed by atoms with E-state index in [1.165, 1.54) is 11.1 Å². The monoisotopic (exact) mass is 276 g/mol. The van der Waals surface area contributed by atoms with E-state index in [0.717, 1.165) is 57.8 Å². The van der Waals surface area contributed by atoms with Crippen LogP contribution in [0.2, 0.25) is 0 Å². The van der Waals surface area contributed by atoms with Gasteiger partial charge in [-0.25, -0.2) is 0 Å². The Bertz CT molecular complexity index is 448. The maximum atomic E-state index is 9.03. The van der Waals surface area contributed by atoms with E-state index in [9.17, 15) is 0 Å². The molecule has 1 saturated heterocycles. The highest BCUT2D eigenvalue weighted by molar-refractivity contribution is 5.39. The van der Waals surface area contributed by atoms with Gasteiger partial charge in [-0.2, -0.15) is 0 Å². The Morgan fingerprint density at radius 2 is 2.35 bits per heavy atom. The first-order chi connectivity index (χ1) is 9.85. The first kappa shape index (κ1) is 13.9. The molecule has 2 aliphatic rings. The van der Waals surface area contributed by atoms with E-state index in [0.29, 0.717) is 6.04 Å². The van der Waals surface area contributed by atoms with Crippen molar-refractivity contribution in [2.24, 2.45) is 0 Å². The third kappa shape index (κ3) is 3.32. The fourth-order valence-corrected chi connectivity index (χ4v) is 3.13. The van der Waals surface area contributed by atoms with Crippen LogP contribution in [-0.4, -0.2) is 55.4 Å². The van der Waals surface area contributed by atoms with E-state index in [1.54, 1.807) is 0 Å². The van der Waals surface area contributed by atoms with Gasteiger partial charge in [-0.3, -0.25) is 0 Å². The second-order valence-electron chi connectivity index (χ2n) is 5.75. The fourth-order valence-electron chi connectivity index (χ4n) is 3.13. The van der Waals surface area contributed by atoms with Crippen molar-refractivity contribution in [2.75, 3.05) is 39.4 Å². The number of hydrogen-bond acceptors (Lipinski definition) is 4. The molecule has 0 spiro atoms. The molecule has 0 radical (unpaired) electrons. The molecule has 0 saturated carbocycles. The summed E-state index contributed by atoms with van der Waals surface area (Å²) >= 11 is 0. The topological polar surface area (TPSA) is 44.7 Å². The third-order valence-corrected chi connectivity index (χ3v) is 4.29. The lowest BCUT2D eigenvalue weighted by Crippen LogP contribution is -2.51. The summed E-state index contributed by atoms with van der Waals surface area (Å²) in [7, 11) is 0. The van der Waals surface area contributed by atoms with Gasteiger partial charge in [0.2, 0.25) is 0 Å². The van der Waals surface area contributed by atoms with Crippen molar-refractivity contribution in [3.05, 3.63) is 29.3 Å². The Morgan fingerprint density at radius 3 is 3.25 bits per heavy atom. The molecule has 0 amide bonds. The maximum absolute atomic E-state index is 9.03. The highest BCUT2D eigenvalue weighted by atomic mass is 16.5. The highest BCUT2D eigenvalue weighted by Gasteiger charge is 2.18. The summed E-state index contributed by atoms with van der Waals surface area (Å²) in [6.07, 6.45) is 3.00. The summed E-state index contributed by atoms with van der Waals surface area (Å²) in [6, 6.07) is 7.05. The standard InChI is InChI=1S/C16H24N2O2/c19-9-4-15-12-18(8-6-17-15)7-3-13-1-2-16-14(11-13)5-10-20-16/h1-2,11,15,17,19H,3-10,12H2. The minimum atomic E-state index is 0.274. The quantitative estimate of drug-likeness (QED) is 0.836. The normalized spacial score (nSPS) is 22.6. The molecular formula is C16H24N2O2. The molecule has 0 bridgehead atoms. The smallest absolute Gasteiger partial charge is 0.122 e. The Kier molecular flexibility index (Phi) is 4.55. The molecule has 3 rings (SSSR count). The van der Waals surface area contributed by atoms with Gasteiger partial charge in [-0.05, 0) is 30.0 Å². The summed E-state index contributed by atoms with van der Waals surface area (Å²) in [5.41, 5.74) is 2.77. The van der Waals surface area contributed by atoms with E-state index < -0.39 is 0 Å². The van der Waals surface area contributed by atoms with E-state index in [1.807, 2.05) is 0 Å². The van der Waals surface area contributed by atoms with E-state index in [4.69, 9.17) is 9.84 Å². The number of hydrogen-bond donors (Lipinski definition) is 2. The Labute approximate surface area is 120 Å². The zero-order chi connectivity index (χ0) is 13.8. The second kappa shape index (κ2) is 6.57. The van der Waals surface area contributed by atoms with Crippen molar-refractivity contribution in [2.45, 2.75) is 25.3 Å². The molecule has 1 aromatic carbocycles. The molecule has 0 aliphatic carbocycles. The Hall–Kier alpha value is -1.10. The molecule has 2 N–H and O–H groups in total. The molecule has 2 heterocycles. The van der Waals surface area contributed by atoms with Gasteiger partial charge in [0.15, 0.2) is 0 Å². The van der Waals surface area contributed by atoms with Crippen molar-refractivity contribution in [1.82, 2.24) is 10.2 Å². The maximum Gasteiger partial charge on any atom is 0.122 e. The number of rotatable bonds is 5. The largest absolute Gasteiger partial charge is 0.493 e. The van der Waals surface area contributed by atoms with Crippen LogP contribution in [0.25, 0.3) is 0 Å². The molecule has 2 aliphatic heterocycles. The van der Waals surface area contributed by atoms with Crippen LogP contribution in [0.1, 0.15) is 17.5 Å². The average molecular weight is 276 g/mol. The van der Waals surface area contributed by atoms with Crippen molar-refractivity contribution >= 4 is 0 Å². The summed E-state index contributed by atoms with van der Waals surface area (Å²) in [4.78, 5) is 2.50. The lowest BCUT2D eigenvalue weighted by molar-refractivity contribution is 0.175. The number of nitrogens with zero attached hydrogens (tertiary/aromatic N) is 1. The van der Waals surface area contributed by atoms with Crippen LogP contribution in [0.4, 0.5) is 0 Å². The molecule has 1 aromatic rings. The SMILES string of the molecule is OCCC1CN(CCc2ccc3c(c2)CCO3)CCN1. The number of piperazine rings is 1. The zero-order valence-corrected chi connectivity index (χ0v) is 12.0. The van der Waals surface area contributed by atoms with Gasteiger partial charge in [0.25, 0.3) is 0 Å². The fraction of sp³-hybridized carbons (Fsp3) is 0.625. The van der Waals surface area contributed by atoms with Crippen LogP contribution in [0.3, 0.4) is 0 Å². The van der Waals surface area contributed by atoms with Crippen LogP contribution >= 0.6 is 0 Å². The van der Waals surface area contributed by atoms with E-state index >= 15 is 0 Å². The molecule has 4 nitrogen and oxygen atoms in total. The summed E-state index contributed by atoms with van der Waals surface area (Å²) < 4.78 is 5.55. The number of benzene rings is 1. The molecule has 110 valence electrons. The molecule has 1 atom stereocenters. The van der Waals surface area contributed by atoms with Gasteiger partial charge >= 0.3 is 0 Å². The minimum absolute atomic E-state index is 0.274. The van der Waals surface area contributed by atoms with Crippen molar-refractivity contribution in [3.63, 3.8) is 0 Å². The van der Waals surface area contributed by atoms with Gasteiger partial charge in [0, 0.05) is 45.2 Å². The van der Waals surface area contributed by atoms with Crippen molar-refractivity contribution < 1.29 is 9.84 Å². The van der Waals surface area contributed by atoms with Gasteiger partial charge in [-0.1, -0.05) is 12.1 Å². The van der Waals surface area contributed by atoms with Gasteiger partial charge in [0.05, 0.1) is 6.61 Å². The number of ether oxygens (including phenoxy) is 1. The summed E-state index contributed by atoms with van der Waals surface area (Å²) in [6.45, 7) is 5.40. The summed E-state index contributed by atoms with van der Waals surface area (Å²) in [5, 5.41) is 12.5. The van der Waals surface area contributed by atoms with Crippen molar-refractivity contribution in [1.29, 1.82) is 0 Å². The third-order valence-electron chi connectivity index (χ3n) is 4.29. The van der Waals surface area contributed by atoms with Crippen LogP contribution < -0.4 is 10.1 Å². The first-order valence-electron chi connectivity index (χ1n) is 7.66. The van der Waals surface area contributed by atoms with Crippen LogP contribution in [0, 0.1) is 0 Å². The number of nitrogens with one attached hydrogen (secondary N) is 1. The molecule has 20 heavy (non-hydrogen) atoms.